The molecule has 0 spiro atoms. The molecule has 3 aromatic carbocycles. The van der Waals surface area contributed by atoms with E-state index in [9.17, 15) is 19.5 Å². The van der Waals surface area contributed by atoms with E-state index in [1.54, 1.807) is 11.0 Å². The normalized spacial score (nSPS) is 32.2. The molecule has 6 aliphatic rings. The number of benzene rings is 3. The molecule has 59 heavy (non-hydrogen) atoms. The summed E-state index contributed by atoms with van der Waals surface area (Å²) in [6.07, 6.45) is 8.93. The van der Waals surface area contributed by atoms with Crippen molar-refractivity contribution in [2.45, 2.75) is 114 Å². The summed E-state index contributed by atoms with van der Waals surface area (Å²) in [7, 11) is 0. The lowest BCUT2D eigenvalue weighted by Gasteiger charge is -2.53. The number of hydrogen-bond donors (Lipinski definition) is 2. The molecule has 2 amide bonds. The summed E-state index contributed by atoms with van der Waals surface area (Å²) >= 11 is 0. The zero-order valence-corrected chi connectivity index (χ0v) is 34.3. The third-order valence-electron chi connectivity index (χ3n) is 14.0. The number of allylic oxidation sites excluding steroid dienone is 1. The molecule has 5 fully saturated rings. The molecular weight excluding hydrogens is 745 g/mol. The Morgan fingerprint density at radius 3 is 2.29 bits per heavy atom. The molecule has 3 aliphatic heterocycles. The van der Waals surface area contributed by atoms with Crippen molar-refractivity contribution >= 4 is 23.9 Å². The standard InChI is InChI=1S/C49H56N2O8/c1-47(2)30-37-33(20-21-42-48(3,58-42)23-22-38(37)47)27-31-16-18-32(19-17-31)46(55)56-40-28-34(45(54)51-25-10-15-39(51)44(53)50-24-26-52)29-41-43(40)59-49(57-41,35-11-6-4-7-12-35)36-13-8-5-9-14-36/h4-9,11-14,16-19,27,29,37-43,52H,10,15,20-26,28,30H2,1-3H3,(H,50,53)/t37-,38-,39-,40-,41-,42?,43+,48-/m1/s1. The molecule has 1 unspecified atom stereocenters. The summed E-state index contributed by atoms with van der Waals surface area (Å²) in [6.45, 7) is 7.40. The number of ether oxygens (including phenoxy) is 4. The van der Waals surface area contributed by atoms with Crippen LogP contribution >= 0.6 is 0 Å². The van der Waals surface area contributed by atoms with E-state index in [1.807, 2.05) is 84.9 Å². The molecule has 3 aromatic rings. The second-order valence-corrected chi connectivity index (χ2v) is 18.3. The van der Waals surface area contributed by atoms with Crippen molar-refractivity contribution in [3.63, 3.8) is 0 Å². The van der Waals surface area contributed by atoms with E-state index < -0.39 is 36.1 Å². The number of epoxide rings is 1. The van der Waals surface area contributed by atoms with Gasteiger partial charge in [0.1, 0.15) is 24.4 Å². The van der Waals surface area contributed by atoms with Crippen LogP contribution in [0.25, 0.3) is 6.08 Å². The fraction of sp³-hybridized carbons (Fsp3) is 0.490. The first-order valence-electron chi connectivity index (χ1n) is 21.5. The van der Waals surface area contributed by atoms with E-state index in [0.717, 1.165) is 36.0 Å². The SMILES string of the molecule is CC1(C)C[C@@H]2C(=Cc3ccc(C(=O)O[C@@H]4CC(C(=O)N5CCC[C@@H]5C(=O)NCCO)=C[C@H]5OC(c6ccccc6)(c6ccccc6)O[C@H]54)cc3)CCC3O[C@]3(C)CC[C@H]21. The van der Waals surface area contributed by atoms with Gasteiger partial charge in [0.2, 0.25) is 17.6 Å². The molecule has 10 nitrogen and oxygen atoms in total. The first-order chi connectivity index (χ1) is 28.5. The number of nitrogens with zero attached hydrogens (tertiary/aromatic N) is 1. The maximum Gasteiger partial charge on any atom is 0.338 e. The van der Waals surface area contributed by atoms with Gasteiger partial charge in [0.25, 0.3) is 0 Å². The predicted octanol–water partition coefficient (Wildman–Crippen LogP) is 7.10. The highest BCUT2D eigenvalue weighted by molar-refractivity contribution is 5.98. The molecule has 3 saturated heterocycles. The molecule has 3 heterocycles. The fourth-order valence-corrected chi connectivity index (χ4v) is 10.7. The number of aliphatic hydroxyl groups is 1. The average Bonchev–Trinajstić information content (AvgIpc) is 3.54. The van der Waals surface area contributed by atoms with E-state index in [-0.39, 0.29) is 37.0 Å². The van der Waals surface area contributed by atoms with Crippen molar-refractivity contribution in [2.75, 3.05) is 19.7 Å². The Balaban J connectivity index is 0.984. The Labute approximate surface area is 346 Å². The Morgan fingerprint density at radius 1 is 0.898 bits per heavy atom. The first kappa shape index (κ1) is 39.8. The summed E-state index contributed by atoms with van der Waals surface area (Å²) in [6, 6.07) is 26.3. The van der Waals surface area contributed by atoms with Gasteiger partial charge < -0.3 is 34.3 Å². The number of nitrogens with one attached hydrogen (secondary N) is 1. The molecule has 0 aromatic heterocycles. The third kappa shape index (κ3) is 7.58. The van der Waals surface area contributed by atoms with Crippen LogP contribution < -0.4 is 5.32 Å². The molecule has 10 heteroatoms. The van der Waals surface area contributed by atoms with E-state index in [2.05, 4.69) is 32.2 Å². The number of likely N-dealkylation sites (tertiary alicyclic amines) is 1. The molecule has 0 bridgehead atoms. The third-order valence-corrected chi connectivity index (χ3v) is 14.0. The number of fused-ring (bicyclic) bond motifs is 3. The lowest BCUT2D eigenvalue weighted by atomic mass is 9.52. The highest BCUT2D eigenvalue weighted by Gasteiger charge is 2.57. The van der Waals surface area contributed by atoms with Gasteiger partial charge in [0.05, 0.1) is 23.9 Å². The number of aliphatic hydroxyl groups excluding tert-OH is 1. The Bertz CT molecular complexity index is 2080. The lowest BCUT2D eigenvalue weighted by Crippen LogP contribution is -2.49. The summed E-state index contributed by atoms with van der Waals surface area (Å²) < 4.78 is 26.4. The van der Waals surface area contributed by atoms with E-state index in [4.69, 9.17) is 18.9 Å². The van der Waals surface area contributed by atoms with Crippen molar-refractivity contribution in [1.29, 1.82) is 0 Å². The van der Waals surface area contributed by atoms with Crippen LogP contribution in [0.5, 0.6) is 0 Å². The maximum atomic E-state index is 14.3. The zero-order valence-electron chi connectivity index (χ0n) is 34.3. The van der Waals surface area contributed by atoms with Gasteiger partial charge >= 0.3 is 5.97 Å². The Morgan fingerprint density at radius 2 is 1.61 bits per heavy atom. The van der Waals surface area contributed by atoms with Gasteiger partial charge in [-0.3, -0.25) is 9.59 Å². The summed E-state index contributed by atoms with van der Waals surface area (Å²) in [5.41, 5.74) is 5.23. The Kier molecular flexibility index (Phi) is 10.6. The quantitative estimate of drug-likeness (QED) is 0.173. The molecule has 3 aliphatic carbocycles. The van der Waals surface area contributed by atoms with E-state index in [1.165, 1.54) is 18.4 Å². The highest BCUT2D eigenvalue weighted by atomic mass is 16.8. The topological polar surface area (TPSA) is 127 Å². The minimum absolute atomic E-state index is 0.0316. The van der Waals surface area contributed by atoms with Gasteiger partial charge in [0.15, 0.2) is 0 Å². The van der Waals surface area contributed by atoms with Gasteiger partial charge in [0, 0.05) is 36.2 Å². The van der Waals surface area contributed by atoms with Crippen LogP contribution in [0.1, 0.15) is 99.2 Å². The molecule has 2 saturated carbocycles. The van der Waals surface area contributed by atoms with E-state index in [0.29, 0.717) is 53.9 Å². The summed E-state index contributed by atoms with van der Waals surface area (Å²) in [4.78, 5) is 43.1. The van der Waals surface area contributed by atoms with Gasteiger partial charge in [-0.2, -0.15) is 0 Å². The van der Waals surface area contributed by atoms with Gasteiger partial charge in [-0.25, -0.2) is 4.79 Å². The summed E-state index contributed by atoms with van der Waals surface area (Å²) in [5.74, 6) is -1.24. The second-order valence-electron chi connectivity index (χ2n) is 18.3. The Hall–Kier alpha value is -4.61. The van der Waals surface area contributed by atoms with Crippen LogP contribution in [0.2, 0.25) is 0 Å². The minimum atomic E-state index is -1.33. The predicted molar refractivity (Wildman–Crippen MR) is 222 cm³/mol. The van der Waals surface area contributed by atoms with Crippen LogP contribution in [-0.4, -0.2) is 83.5 Å². The molecule has 310 valence electrons. The first-order valence-corrected chi connectivity index (χ1v) is 21.5. The monoisotopic (exact) mass is 800 g/mol. The van der Waals surface area contributed by atoms with Gasteiger partial charge in [-0.05, 0) is 92.9 Å². The fourth-order valence-electron chi connectivity index (χ4n) is 10.7. The van der Waals surface area contributed by atoms with Crippen LogP contribution in [0.4, 0.5) is 0 Å². The summed E-state index contributed by atoms with van der Waals surface area (Å²) in [5, 5.41) is 12.0. The van der Waals surface area contributed by atoms with Crippen molar-refractivity contribution in [2.24, 2.45) is 17.3 Å². The molecule has 0 radical (unpaired) electrons. The van der Waals surface area contributed by atoms with Crippen LogP contribution in [0.15, 0.2) is 102 Å². The lowest BCUT2D eigenvalue weighted by molar-refractivity contribution is -0.157. The van der Waals surface area contributed by atoms with Crippen molar-refractivity contribution < 1.29 is 38.4 Å². The number of rotatable bonds is 9. The van der Waals surface area contributed by atoms with Gasteiger partial charge in [-0.15, -0.1) is 0 Å². The van der Waals surface area contributed by atoms with Crippen LogP contribution in [-0.2, 0) is 34.3 Å². The van der Waals surface area contributed by atoms with Crippen molar-refractivity contribution in [3.8, 4) is 0 Å². The number of hydrogen-bond acceptors (Lipinski definition) is 8. The minimum Gasteiger partial charge on any atom is -0.456 e. The molecular formula is C49H56N2O8. The van der Waals surface area contributed by atoms with Crippen LogP contribution in [0.3, 0.4) is 0 Å². The van der Waals surface area contributed by atoms with Gasteiger partial charge in [-0.1, -0.05) is 98.3 Å². The van der Waals surface area contributed by atoms with Crippen LogP contribution in [0, 0.1) is 17.3 Å². The molecule has 9 rings (SSSR count). The highest BCUT2D eigenvalue weighted by Crippen LogP contribution is 2.60. The molecule has 2 N–H and O–H groups in total. The van der Waals surface area contributed by atoms with E-state index >= 15 is 0 Å². The zero-order chi connectivity index (χ0) is 40.9. The number of amides is 2. The van der Waals surface area contributed by atoms with Crippen molar-refractivity contribution in [1.82, 2.24) is 10.2 Å². The smallest absolute Gasteiger partial charge is 0.338 e. The molecule has 8 atom stereocenters. The average molecular weight is 801 g/mol. The number of carbonyl (C=O) groups excluding carboxylic acids is 3. The number of esters is 1. The van der Waals surface area contributed by atoms with Crippen molar-refractivity contribution in [3.05, 3.63) is 124 Å². The largest absolute Gasteiger partial charge is 0.456 e. The number of carbonyl (C=O) groups is 3. The maximum absolute atomic E-state index is 14.3. The second kappa shape index (κ2) is 15.8.